The van der Waals surface area contributed by atoms with E-state index in [-0.39, 0.29) is 11.3 Å². The van der Waals surface area contributed by atoms with Gasteiger partial charge in [-0.15, -0.1) is 0 Å². The van der Waals surface area contributed by atoms with Crippen LogP contribution in [-0.4, -0.2) is 9.67 Å². The Bertz CT molecular complexity index is 575. The van der Waals surface area contributed by atoms with Crippen molar-refractivity contribution in [3.05, 3.63) is 39.6 Å². The molecule has 2 rings (SSSR count). The summed E-state index contributed by atoms with van der Waals surface area (Å²) in [5.74, 6) is -0.0257. The molecule has 1 heterocycles. The molecular formula is C11H10ClNO2. The molecule has 78 valence electrons. The summed E-state index contributed by atoms with van der Waals surface area (Å²) >= 11 is 5.83. The van der Waals surface area contributed by atoms with Gasteiger partial charge in [-0.25, -0.2) is 0 Å². The Morgan fingerprint density at radius 3 is 2.80 bits per heavy atom. The van der Waals surface area contributed by atoms with E-state index in [0.29, 0.717) is 22.5 Å². The fourth-order valence-corrected chi connectivity index (χ4v) is 1.84. The van der Waals surface area contributed by atoms with Crippen LogP contribution in [0.4, 0.5) is 0 Å². The van der Waals surface area contributed by atoms with Gasteiger partial charge >= 0.3 is 0 Å². The minimum Gasteiger partial charge on any atom is -0.507 e. The highest BCUT2D eigenvalue weighted by Gasteiger charge is 2.06. The van der Waals surface area contributed by atoms with Crippen LogP contribution in [0, 0.1) is 0 Å². The molecule has 15 heavy (non-hydrogen) atoms. The minimum absolute atomic E-state index is 0.0257. The lowest BCUT2D eigenvalue weighted by Gasteiger charge is -2.08. The molecule has 1 N–H and O–H groups in total. The second-order valence-corrected chi connectivity index (χ2v) is 3.71. The number of aryl methyl sites for hydroxylation is 1. The number of halogens is 1. The van der Waals surface area contributed by atoms with Gasteiger partial charge in [-0.05, 0) is 25.1 Å². The van der Waals surface area contributed by atoms with Crippen LogP contribution >= 0.6 is 11.6 Å². The molecule has 0 aliphatic heterocycles. The van der Waals surface area contributed by atoms with Crippen LogP contribution in [0.5, 0.6) is 5.75 Å². The van der Waals surface area contributed by atoms with Crippen molar-refractivity contribution in [2.75, 3.05) is 0 Å². The Kier molecular flexibility index (Phi) is 2.40. The maximum absolute atomic E-state index is 11.5. The van der Waals surface area contributed by atoms with Crippen molar-refractivity contribution in [3.63, 3.8) is 0 Å². The fourth-order valence-electron chi connectivity index (χ4n) is 1.67. The first-order valence-electron chi connectivity index (χ1n) is 4.65. The van der Waals surface area contributed by atoms with Gasteiger partial charge in [0.1, 0.15) is 5.75 Å². The van der Waals surface area contributed by atoms with Gasteiger partial charge in [0.25, 0.3) is 5.56 Å². The number of hydrogen-bond acceptors (Lipinski definition) is 2. The fraction of sp³-hybridized carbons (Fsp3) is 0.182. The zero-order chi connectivity index (χ0) is 11.0. The molecule has 0 fully saturated rings. The average Bonchev–Trinajstić information content (AvgIpc) is 2.19. The molecule has 1 aromatic carbocycles. The zero-order valence-electron chi connectivity index (χ0n) is 8.20. The second kappa shape index (κ2) is 3.59. The van der Waals surface area contributed by atoms with Crippen LogP contribution in [-0.2, 0) is 6.54 Å². The molecular weight excluding hydrogens is 214 g/mol. The lowest BCUT2D eigenvalue weighted by atomic mass is 10.2. The van der Waals surface area contributed by atoms with Crippen LogP contribution in [0.3, 0.4) is 0 Å². The molecule has 0 amide bonds. The van der Waals surface area contributed by atoms with Gasteiger partial charge in [0.15, 0.2) is 0 Å². The van der Waals surface area contributed by atoms with Gasteiger partial charge in [0, 0.05) is 23.0 Å². The van der Waals surface area contributed by atoms with Gasteiger partial charge < -0.3 is 9.67 Å². The number of benzene rings is 1. The molecule has 0 unspecified atom stereocenters. The lowest BCUT2D eigenvalue weighted by molar-refractivity contribution is 0.479. The molecule has 0 aliphatic carbocycles. The molecule has 0 atom stereocenters. The van der Waals surface area contributed by atoms with Crippen LogP contribution in [0.2, 0.25) is 5.02 Å². The monoisotopic (exact) mass is 223 g/mol. The maximum atomic E-state index is 11.5. The molecule has 0 spiro atoms. The van der Waals surface area contributed by atoms with Crippen molar-refractivity contribution < 1.29 is 5.11 Å². The van der Waals surface area contributed by atoms with Crippen molar-refractivity contribution in [3.8, 4) is 5.75 Å². The smallest absolute Gasteiger partial charge is 0.254 e. The normalized spacial score (nSPS) is 10.8. The summed E-state index contributed by atoms with van der Waals surface area (Å²) < 4.78 is 1.59. The predicted molar refractivity (Wildman–Crippen MR) is 60.6 cm³/mol. The topological polar surface area (TPSA) is 42.2 Å². The largest absolute Gasteiger partial charge is 0.507 e. The SMILES string of the molecule is CCn1c(=O)cc(O)c2cc(Cl)ccc21. The molecule has 0 saturated heterocycles. The first kappa shape index (κ1) is 10.1. The lowest BCUT2D eigenvalue weighted by Crippen LogP contribution is -2.18. The summed E-state index contributed by atoms with van der Waals surface area (Å²) in [6.45, 7) is 2.45. The second-order valence-electron chi connectivity index (χ2n) is 3.27. The van der Waals surface area contributed by atoms with Gasteiger partial charge in [-0.1, -0.05) is 11.6 Å². The Hall–Kier alpha value is -1.48. The van der Waals surface area contributed by atoms with Crippen molar-refractivity contribution in [2.45, 2.75) is 13.5 Å². The highest BCUT2D eigenvalue weighted by atomic mass is 35.5. The van der Waals surface area contributed by atoms with Crippen molar-refractivity contribution in [2.24, 2.45) is 0 Å². The molecule has 2 aromatic rings. The molecule has 0 aliphatic rings. The minimum atomic E-state index is -0.204. The number of fused-ring (bicyclic) bond motifs is 1. The van der Waals surface area contributed by atoms with E-state index in [2.05, 4.69) is 0 Å². The number of nitrogens with zero attached hydrogens (tertiary/aromatic N) is 1. The zero-order valence-corrected chi connectivity index (χ0v) is 8.95. The van der Waals surface area contributed by atoms with E-state index < -0.39 is 0 Å². The quantitative estimate of drug-likeness (QED) is 0.807. The number of rotatable bonds is 1. The Labute approximate surface area is 91.5 Å². The number of hydrogen-bond donors (Lipinski definition) is 1. The van der Waals surface area contributed by atoms with E-state index in [1.165, 1.54) is 6.07 Å². The molecule has 0 bridgehead atoms. The Morgan fingerprint density at radius 2 is 2.13 bits per heavy atom. The average molecular weight is 224 g/mol. The van der Waals surface area contributed by atoms with E-state index in [4.69, 9.17) is 11.6 Å². The standard InChI is InChI=1S/C11H10ClNO2/c1-2-13-9-4-3-7(12)5-8(9)10(14)6-11(13)15/h3-6,14H,2H2,1H3. The van der Waals surface area contributed by atoms with Crippen LogP contribution < -0.4 is 5.56 Å². The predicted octanol–water partition coefficient (Wildman–Crippen LogP) is 2.38. The van der Waals surface area contributed by atoms with E-state index >= 15 is 0 Å². The number of aromatic hydroxyl groups is 1. The molecule has 4 heteroatoms. The van der Waals surface area contributed by atoms with Gasteiger partial charge in [0.2, 0.25) is 0 Å². The maximum Gasteiger partial charge on any atom is 0.254 e. The van der Waals surface area contributed by atoms with Gasteiger partial charge in [0.05, 0.1) is 5.52 Å². The summed E-state index contributed by atoms with van der Waals surface area (Å²) in [6, 6.07) is 6.30. The van der Waals surface area contributed by atoms with Crippen molar-refractivity contribution >= 4 is 22.5 Å². The summed E-state index contributed by atoms with van der Waals surface area (Å²) in [4.78, 5) is 11.5. The van der Waals surface area contributed by atoms with Crippen LogP contribution in [0.25, 0.3) is 10.9 Å². The first-order chi connectivity index (χ1) is 7.13. The molecule has 0 saturated carbocycles. The Balaban J connectivity index is 2.96. The van der Waals surface area contributed by atoms with E-state index in [1.54, 1.807) is 22.8 Å². The summed E-state index contributed by atoms with van der Waals surface area (Å²) in [5.41, 5.74) is 0.497. The molecule has 0 radical (unpaired) electrons. The van der Waals surface area contributed by atoms with Crippen molar-refractivity contribution in [1.82, 2.24) is 4.57 Å². The first-order valence-corrected chi connectivity index (χ1v) is 5.03. The highest BCUT2D eigenvalue weighted by Crippen LogP contribution is 2.25. The molecule has 3 nitrogen and oxygen atoms in total. The third-order valence-corrected chi connectivity index (χ3v) is 2.60. The van der Waals surface area contributed by atoms with Crippen molar-refractivity contribution in [1.29, 1.82) is 0 Å². The summed E-state index contributed by atoms with van der Waals surface area (Å²) in [7, 11) is 0. The third-order valence-electron chi connectivity index (χ3n) is 2.37. The summed E-state index contributed by atoms with van der Waals surface area (Å²) in [5, 5.41) is 10.8. The Morgan fingerprint density at radius 1 is 1.40 bits per heavy atom. The van der Waals surface area contributed by atoms with E-state index in [9.17, 15) is 9.90 Å². The van der Waals surface area contributed by atoms with Gasteiger partial charge in [-0.2, -0.15) is 0 Å². The highest BCUT2D eigenvalue weighted by molar-refractivity contribution is 6.31. The van der Waals surface area contributed by atoms with E-state index in [0.717, 1.165) is 0 Å². The number of aromatic nitrogens is 1. The molecule has 1 aromatic heterocycles. The van der Waals surface area contributed by atoms with E-state index in [1.807, 2.05) is 6.92 Å². The van der Waals surface area contributed by atoms with Gasteiger partial charge in [-0.3, -0.25) is 4.79 Å². The van der Waals surface area contributed by atoms with Crippen LogP contribution in [0.1, 0.15) is 6.92 Å². The third kappa shape index (κ3) is 1.59. The number of pyridine rings is 1. The van der Waals surface area contributed by atoms with Crippen LogP contribution in [0.15, 0.2) is 29.1 Å². The summed E-state index contributed by atoms with van der Waals surface area (Å²) in [6.07, 6.45) is 0.